The van der Waals surface area contributed by atoms with Crippen LogP contribution < -0.4 is 15.4 Å². The van der Waals surface area contributed by atoms with E-state index in [2.05, 4.69) is 10.6 Å². The number of halogens is 1. The zero-order valence-corrected chi connectivity index (χ0v) is 15.9. The number of nitrogens with one attached hydrogen (secondary N) is 2. The first-order chi connectivity index (χ1) is 13.4. The van der Waals surface area contributed by atoms with Crippen molar-refractivity contribution in [2.45, 2.75) is 19.9 Å². The number of ether oxygens (including phenoxy) is 1. The van der Waals surface area contributed by atoms with Gasteiger partial charge in [0, 0.05) is 12.1 Å². The van der Waals surface area contributed by atoms with Crippen LogP contribution in [-0.4, -0.2) is 36.7 Å². The van der Waals surface area contributed by atoms with E-state index in [0.29, 0.717) is 11.3 Å². The zero-order valence-electron chi connectivity index (χ0n) is 15.9. The molecule has 0 aliphatic rings. The largest absolute Gasteiger partial charge is 0.484 e. The Balaban J connectivity index is 1.95. The molecule has 2 aromatic carbocycles. The van der Waals surface area contributed by atoms with Gasteiger partial charge >= 0.3 is 0 Å². The van der Waals surface area contributed by atoms with Gasteiger partial charge in [0.05, 0.1) is 12.6 Å². The molecule has 0 saturated carbocycles. The first-order valence-corrected chi connectivity index (χ1v) is 9.07. The Labute approximate surface area is 163 Å². The molecule has 28 heavy (non-hydrogen) atoms. The Morgan fingerprint density at radius 1 is 1.14 bits per heavy atom. The summed E-state index contributed by atoms with van der Waals surface area (Å²) in [7, 11) is 0. The SMILES string of the molecule is CC(C)C(NC(=O)COc1cccc(C(=O)NCCO)c1)c1ccc(F)cc1. The standard InChI is InChI=1S/C21H25FN2O4/c1-14(2)20(15-6-8-17(22)9-7-15)24-19(26)13-28-18-5-3-4-16(12-18)21(27)23-10-11-25/h3-9,12,14,20,25H,10-11,13H2,1-2H3,(H,23,27)(H,24,26). The van der Waals surface area contributed by atoms with Crippen molar-refractivity contribution in [2.75, 3.05) is 19.8 Å². The number of carbonyl (C=O) groups is 2. The number of aliphatic hydroxyl groups is 1. The molecule has 0 aliphatic heterocycles. The van der Waals surface area contributed by atoms with Crippen molar-refractivity contribution < 1.29 is 23.8 Å². The maximum atomic E-state index is 13.1. The molecule has 7 heteroatoms. The number of amides is 2. The average molecular weight is 388 g/mol. The summed E-state index contributed by atoms with van der Waals surface area (Å²) in [5.74, 6) is -0.496. The number of rotatable bonds is 9. The van der Waals surface area contributed by atoms with Crippen molar-refractivity contribution in [2.24, 2.45) is 5.92 Å². The maximum Gasteiger partial charge on any atom is 0.258 e. The molecule has 2 amide bonds. The van der Waals surface area contributed by atoms with Gasteiger partial charge in [0.25, 0.3) is 11.8 Å². The van der Waals surface area contributed by atoms with Crippen LogP contribution in [0.15, 0.2) is 48.5 Å². The summed E-state index contributed by atoms with van der Waals surface area (Å²) in [4.78, 5) is 24.2. The topological polar surface area (TPSA) is 87.7 Å². The monoisotopic (exact) mass is 388 g/mol. The van der Waals surface area contributed by atoms with E-state index in [1.807, 2.05) is 13.8 Å². The number of carbonyl (C=O) groups excluding carboxylic acids is 2. The van der Waals surface area contributed by atoms with Crippen LogP contribution >= 0.6 is 0 Å². The lowest BCUT2D eigenvalue weighted by atomic mass is 9.96. The lowest BCUT2D eigenvalue weighted by molar-refractivity contribution is -0.124. The Morgan fingerprint density at radius 2 is 1.86 bits per heavy atom. The molecule has 150 valence electrons. The van der Waals surface area contributed by atoms with Gasteiger partial charge in [0.2, 0.25) is 0 Å². The first kappa shape index (κ1) is 21.4. The molecular formula is C21H25FN2O4. The van der Waals surface area contributed by atoms with Crippen LogP contribution in [0.3, 0.4) is 0 Å². The molecule has 0 fully saturated rings. The van der Waals surface area contributed by atoms with Gasteiger partial charge in [-0.1, -0.05) is 32.0 Å². The van der Waals surface area contributed by atoms with Crippen LogP contribution in [0.4, 0.5) is 4.39 Å². The molecule has 1 atom stereocenters. The van der Waals surface area contributed by atoms with Gasteiger partial charge in [-0.05, 0) is 41.8 Å². The van der Waals surface area contributed by atoms with Gasteiger partial charge in [-0.2, -0.15) is 0 Å². The summed E-state index contributed by atoms with van der Waals surface area (Å²) in [6, 6.07) is 12.2. The molecule has 0 saturated heterocycles. The van der Waals surface area contributed by atoms with Crippen LogP contribution in [0.5, 0.6) is 5.75 Å². The van der Waals surface area contributed by atoms with Gasteiger partial charge in [-0.25, -0.2) is 4.39 Å². The van der Waals surface area contributed by atoms with Gasteiger partial charge < -0.3 is 20.5 Å². The highest BCUT2D eigenvalue weighted by atomic mass is 19.1. The van der Waals surface area contributed by atoms with E-state index in [0.717, 1.165) is 5.56 Å². The van der Waals surface area contributed by atoms with E-state index in [1.165, 1.54) is 18.2 Å². The molecule has 1 unspecified atom stereocenters. The quantitative estimate of drug-likeness (QED) is 0.616. The van der Waals surface area contributed by atoms with E-state index in [-0.39, 0.29) is 49.3 Å². The van der Waals surface area contributed by atoms with Gasteiger partial charge in [0.15, 0.2) is 6.61 Å². The Kier molecular flexibility index (Phi) is 7.95. The van der Waals surface area contributed by atoms with Crippen LogP contribution in [0.2, 0.25) is 0 Å². The highest BCUT2D eigenvalue weighted by Crippen LogP contribution is 2.22. The van der Waals surface area contributed by atoms with Crippen LogP contribution in [0.25, 0.3) is 0 Å². The van der Waals surface area contributed by atoms with Crippen molar-refractivity contribution in [1.82, 2.24) is 10.6 Å². The van der Waals surface area contributed by atoms with Gasteiger partial charge in [0.1, 0.15) is 11.6 Å². The summed E-state index contributed by atoms with van der Waals surface area (Å²) in [6.45, 7) is 3.72. The van der Waals surface area contributed by atoms with E-state index >= 15 is 0 Å². The molecular weight excluding hydrogens is 363 g/mol. The number of hydrogen-bond acceptors (Lipinski definition) is 4. The van der Waals surface area contributed by atoms with Crippen molar-refractivity contribution in [3.8, 4) is 5.75 Å². The fourth-order valence-corrected chi connectivity index (χ4v) is 2.67. The number of hydrogen-bond donors (Lipinski definition) is 3. The Hall–Kier alpha value is -2.93. The molecule has 0 bridgehead atoms. The first-order valence-electron chi connectivity index (χ1n) is 9.07. The minimum atomic E-state index is -0.333. The molecule has 0 aliphatic carbocycles. The lowest BCUT2D eigenvalue weighted by Crippen LogP contribution is -2.35. The predicted molar refractivity (Wildman–Crippen MR) is 103 cm³/mol. The minimum Gasteiger partial charge on any atom is -0.484 e. The van der Waals surface area contributed by atoms with Crippen molar-refractivity contribution >= 4 is 11.8 Å². The van der Waals surface area contributed by atoms with E-state index in [4.69, 9.17) is 9.84 Å². The second-order valence-electron chi connectivity index (χ2n) is 6.64. The molecule has 0 spiro atoms. The van der Waals surface area contributed by atoms with E-state index in [9.17, 15) is 14.0 Å². The van der Waals surface area contributed by atoms with Crippen molar-refractivity contribution in [1.29, 1.82) is 0 Å². The Morgan fingerprint density at radius 3 is 2.50 bits per heavy atom. The summed E-state index contributed by atoms with van der Waals surface area (Å²) >= 11 is 0. The normalized spacial score (nSPS) is 11.8. The van der Waals surface area contributed by atoms with Crippen molar-refractivity contribution in [3.63, 3.8) is 0 Å². The highest BCUT2D eigenvalue weighted by molar-refractivity contribution is 5.94. The fraction of sp³-hybridized carbons (Fsp3) is 0.333. The lowest BCUT2D eigenvalue weighted by Gasteiger charge is -2.23. The highest BCUT2D eigenvalue weighted by Gasteiger charge is 2.19. The molecule has 0 heterocycles. The summed E-state index contributed by atoms with van der Waals surface area (Å²) in [5.41, 5.74) is 1.19. The van der Waals surface area contributed by atoms with E-state index in [1.54, 1.807) is 30.3 Å². The van der Waals surface area contributed by atoms with Crippen molar-refractivity contribution in [3.05, 3.63) is 65.5 Å². The van der Waals surface area contributed by atoms with Gasteiger partial charge in [-0.3, -0.25) is 9.59 Å². The minimum absolute atomic E-state index is 0.105. The second-order valence-corrected chi connectivity index (χ2v) is 6.64. The molecule has 6 nitrogen and oxygen atoms in total. The third-order valence-corrected chi connectivity index (χ3v) is 4.08. The van der Waals surface area contributed by atoms with Crippen LogP contribution in [0, 0.1) is 11.7 Å². The third kappa shape index (κ3) is 6.35. The van der Waals surface area contributed by atoms with Gasteiger partial charge in [-0.15, -0.1) is 0 Å². The number of aliphatic hydroxyl groups excluding tert-OH is 1. The van der Waals surface area contributed by atoms with Crippen LogP contribution in [0.1, 0.15) is 35.8 Å². The smallest absolute Gasteiger partial charge is 0.258 e. The maximum absolute atomic E-state index is 13.1. The molecule has 0 aromatic heterocycles. The van der Waals surface area contributed by atoms with Crippen LogP contribution in [-0.2, 0) is 4.79 Å². The predicted octanol–water partition coefficient (Wildman–Crippen LogP) is 2.44. The number of benzene rings is 2. The average Bonchev–Trinajstić information content (AvgIpc) is 2.69. The summed E-state index contributed by atoms with van der Waals surface area (Å²) in [5, 5.41) is 14.2. The van der Waals surface area contributed by atoms with E-state index < -0.39 is 0 Å². The zero-order chi connectivity index (χ0) is 20.5. The molecule has 2 aromatic rings. The Bertz CT molecular complexity index is 793. The summed E-state index contributed by atoms with van der Waals surface area (Å²) in [6.07, 6.45) is 0. The third-order valence-electron chi connectivity index (χ3n) is 4.08. The molecule has 3 N–H and O–H groups in total. The summed E-state index contributed by atoms with van der Waals surface area (Å²) < 4.78 is 18.6. The fourth-order valence-electron chi connectivity index (χ4n) is 2.67. The second kappa shape index (κ2) is 10.4. The molecule has 2 rings (SSSR count). The molecule has 0 radical (unpaired) electrons.